The zero-order valence-corrected chi connectivity index (χ0v) is 16.0. The molecule has 1 saturated carbocycles. The molecule has 1 N–H and O–H groups in total. The second-order valence-electron chi connectivity index (χ2n) is 7.74. The summed E-state index contributed by atoms with van der Waals surface area (Å²) >= 11 is 0. The Bertz CT molecular complexity index is 771. The number of amides is 1. The van der Waals surface area contributed by atoms with E-state index in [4.69, 9.17) is 0 Å². The van der Waals surface area contributed by atoms with Gasteiger partial charge in [-0.3, -0.25) is 4.79 Å². The Hall–Kier alpha value is -1.95. The number of hydrogen-bond acceptors (Lipinski definition) is 4. The van der Waals surface area contributed by atoms with Crippen LogP contribution in [0.25, 0.3) is 11.0 Å². The third-order valence-corrected chi connectivity index (χ3v) is 5.49. The Balaban J connectivity index is 1.87. The van der Waals surface area contributed by atoms with Crippen molar-refractivity contribution in [2.45, 2.75) is 58.0 Å². The van der Waals surface area contributed by atoms with E-state index in [1.54, 1.807) is 6.20 Å². The quantitative estimate of drug-likeness (QED) is 0.907. The summed E-state index contributed by atoms with van der Waals surface area (Å²) < 4.78 is 1.87. The topological polar surface area (TPSA) is 63.1 Å². The van der Waals surface area contributed by atoms with Gasteiger partial charge in [0.1, 0.15) is 0 Å². The Labute approximate surface area is 149 Å². The molecule has 2 aromatic rings. The van der Waals surface area contributed by atoms with Crippen LogP contribution in [0.15, 0.2) is 12.3 Å². The fraction of sp³-hybridized carbons (Fsp3) is 0.632. The van der Waals surface area contributed by atoms with Crippen LogP contribution >= 0.6 is 0 Å². The van der Waals surface area contributed by atoms with Crippen LogP contribution in [0.3, 0.4) is 0 Å². The molecule has 1 fully saturated rings. The smallest absolute Gasteiger partial charge is 0.252 e. The van der Waals surface area contributed by atoms with Crippen LogP contribution in [0.2, 0.25) is 0 Å². The molecule has 0 saturated heterocycles. The van der Waals surface area contributed by atoms with Gasteiger partial charge in [0, 0.05) is 23.8 Å². The first kappa shape index (κ1) is 17.9. The molecule has 1 aliphatic carbocycles. The van der Waals surface area contributed by atoms with Gasteiger partial charge in [-0.2, -0.15) is 5.10 Å². The van der Waals surface area contributed by atoms with Crippen molar-refractivity contribution in [3.63, 3.8) is 0 Å². The van der Waals surface area contributed by atoms with Gasteiger partial charge in [-0.15, -0.1) is 0 Å². The third kappa shape index (κ3) is 3.27. The van der Waals surface area contributed by atoms with E-state index >= 15 is 0 Å². The van der Waals surface area contributed by atoms with Crippen LogP contribution in [-0.4, -0.2) is 51.8 Å². The number of fused-ring (bicyclic) bond motifs is 1. The lowest BCUT2D eigenvalue weighted by atomic mass is 9.96. The lowest BCUT2D eigenvalue weighted by Gasteiger charge is -2.36. The Morgan fingerprint density at radius 3 is 2.64 bits per heavy atom. The number of aryl methyl sites for hydroxylation is 1. The van der Waals surface area contributed by atoms with Gasteiger partial charge in [0.05, 0.1) is 17.1 Å². The molecule has 0 bridgehead atoms. The summed E-state index contributed by atoms with van der Waals surface area (Å²) in [6, 6.07) is 2.07. The van der Waals surface area contributed by atoms with E-state index in [1.807, 2.05) is 17.7 Å². The van der Waals surface area contributed by atoms with Crippen molar-refractivity contribution in [3.8, 4) is 0 Å². The van der Waals surface area contributed by atoms with Gasteiger partial charge in [0.25, 0.3) is 5.91 Å². The Morgan fingerprint density at radius 2 is 2.04 bits per heavy atom. The summed E-state index contributed by atoms with van der Waals surface area (Å²) in [5, 5.41) is 8.42. The number of nitrogens with zero attached hydrogens (tertiary/aromatic N) is 4. The van der Waals surface area contributed by atoms with Crippen molar-refractivity contribution in [1.29, 1.82) is 0 Å². The Morgan fingerprint density at radius 1 is 1.36 bits per heavy atom. The molecule has 0 unspecified atom stereocenters. The lowest BCUT2D eigenvalue weighted by molar-refractivity contribution is 0.0901. The predicted octanol–water partition coefficient (Wildman–Crippen LogP) is 2.92. The molecular weight excluding hydrogens is 314 g/mol. The lowest BCUT2D eigenvalue weighted by Crippen LogP contribution is -2.50. The van der Waals surface area contributed by atoms with Gasteiger partial charge < -0.3 is 10.2 Å². The maximum Gasteiger partial charge on any atom is 0.252 e. The molecule has 2 aromatic heterocycles. The molecule has 136 valence electrons. The molecule has 0 atom stereocenters. The summed E-state index contributed by atoms with van der Waals surface area (Å²) in [5.74, 6) is -0.0352. The van der Waals surface area contributed by atoms with E-state index in [0.717, 1.165) is 29.6 Å². The highest BCUT2D eigenvalue weighted by Crippen LogP contribution is 2.33. The summed E-state index contributed by atoms with van der Waals surface area (Å²) in [6.45, 7) is 6.74. The van der Waals surface area contributed by atoms with E-state index < -0.39 is 0 Å². The van der Waals surface area contributed by atoms with Crippen LogP contribution in [0.4, 0.5) is 0 Å². The van der Waals surface area contributed by atoms with Gasteiger partial charge in [-0.05, 0) is 53.8 Å². The molecule has 6 heteroatoms. The van der Waals surface area contributed by atoms with Crippen molar-refractivity contribution in [3.05, 3.63) is 23.5 Å². The van der Waals surface area contributed by atoms with E-state index in [-0.39, 0.29) is 17.5 Å². The number of hydrogen-bond donors (Lipinski definition) is 1. The van der Waals surface area contributed by atoms with Crippen LogP contribution < -0.4 is 5.32 Å². The fourth-order valence-electron chi connectivity index (χ4n) is 3.86. The molecule has 6 nitrogen and oxygen atoms in total. The predicted molar refractivity (Wildman–Crippen MR) is 99.9 cm³/mol. The monoisotopic (exact) mass is 343 g/mol. The van der Waals surface area contributed by atoms with Gasteiger partial charge >= 0.3 is 0 Å². The number of carbonyl (C=O) groups excluding carboxylic acids is 1. The number of aromatic nitrogens is 3. The van der Waals surface area contributed by atoms with Crippen molar-refractivity contribution in [2.75, 3.05) is 20.6 Å². The van der Waals surface area contributed by atoms with Crippen LogP contribution in [0.5, 0.6) is 0 Å². The molecule has 3 rings (SSSR count). The summed E-state index contributed by atoms with van der Waals surface area (Å²) in [6.07, 6.45) is 6.49. The SMILES string of the molecule is Cc1cc(C(=O)NCC2(N(C)C)CCCC2)c2cnn(C(C)C)c2n1. The second kappa shape index (κ2) is 6.75. The minimum absolute atomic E-state index is 0.0352. The zero-order chi connectivity index (χ0) is 18.2. The summed E-state index contributed by atoms with van der Waals surface area (Å²) in [5.41, 5.74) is 2.37. The van der Waals surface area contributed by atoms with Gasteiger partial charge in [-0.1, -0.05) is 12.8 Å². The third-order valence-electron chi connectivity index (χ3n) is 5.49. The first-order chi connectivity index (χ1) is 11.8. The number of carbonyl (C=O) groups is 1. The van der Waals surface area contributed by atoms with Gasteiger partial charge in [0.15, 0.2) is 5.65 Å². The van der Waals surface area contributed by atoms with E-state index in [1.165, 1.54) is 12.8 Å². The normalized spacial score (nSPS) is 16.9. The van der Waals surface area contributed by atoms with Crippen molar-refractivity contribution in [1.82, 2.24) is 25.0 Å². The largest absolute Gasteiger partial charge is 0.350 e. The van der Waals surface area contributed by atoms with E-state index in [0.29, 0.717) is 12.1 Å². The molecule has 25 heavy (non-hydrogen) atoms. The van der Waals surface area contributed by atoms with Crippen molar-refractivity contribution < 1.29 is 4.79 Å². The molecule has 0 aromatic carbocycles. The van der Waals surface area contributed by atoms with Crippen molar-refractivity contribution in [2.24, 2.45) is 0 Å². The molecule has 0 spiro atoms. The number of nitrogens with one attached hydrogen (secondary N) is 1. The van der Waals surface area contributed by atoms with Crippen molar-refractivity contribution >= 4 is 16.9 Å². The minimum Gasteiger partial charge on any atom is -0.350 e. The molecule has 2 heterocycles. The Kier molecular flexibility index (Phi) is 4.82. The van der Waals surface area contributed by atoms with E-state index in [9.17, 15) is 4.79 Å². The van der Waals surface area contributed by atoms with Crippen LogP contribution in [0.1, 0.15) is 61.6 Å². The standard InChI is InChI=1S/C19H29N5O/c1-13(2)24-17-16(11-21-24)15(10-14(3)22-17)18(25)20-12-19(23(4)5)8-6-7-9-19/h10-11,13H,6-9,12H2,1-5H3,(H,20,25). The molecule has 0 radical (unpaired) electrons. The van der Waals surface area contributed by atoms with Gasteiger partial charge in [0.2, 0.25) is 0 Å². The fourth-order valence-corrected chi connectivity index (χ4v) is 3.86. The number of pyridine rings is 1. The number of rotatable bonds is 5. The van der Waals surface area contributed by atoms with Crippen LogP contribution in [-0.2, 0) is 0 Å². The highest BCUT2D eigenvalue weighted by Gasteiger charge is 2.36. The first-order valence-corrected chi connectivity index (χ1v) is 9.14. The minimum atomic E-state index is -0.0352. The average Bonchev–Trinajstić information content (AvgIpc) is 3.19. The maximum absolute atomic E-state index is 12.9. The summed E-state index contributed by atoms with van der Waals surface area (Å²) in [7, 11) is 4.22. The number of likely N-dealkylation sites (N-methyl/N-ethyl adjacent to an activating group) is 1. The second-order valence-corrected chi connectivity index (χ2v) is 7.74. The zero-order valence-electron chi connectivity index (χ0n) is 16.0. The highest BCUT2D eigenvalue weighted by atomic mass is 16.1. The van der Waals surface area contributed by atoms with Gasteiger partial charge in [-0.25, -0.2) is 9.67 Å². The molecule has 0 aliphatic heterocycles. The molecule has 1 amide bonds. The molecule has 1 aliphatic rings. The summed E-state index contributed by atoms with van der Waals surface area (Å²) in [4.78, 5) is 19.8. The highest BCUT2D eigenvalue weighted by molar-refractivity contribution is 6.05. The maximum atomic E-state index is 12.9. The average molecular weight is 343 g/mol. The van der Waals surface area contributed by atoms with Crippen LogP contribution in [0, 0.1) is 6.92 Å². The molecular formula is C19H29N5O. The first-order valence-electron chi connectivity index (χ1n) is 9.14. The van der Waals surface area contributed by atoms with E-state index in [2.05, 4.69) is 48.2 Å².